The summed E-state index contributed by atoms with van der Waals surface area (Å²) in [5, 5.41) is 10.4. The van der Waals surface area contributed by atoms with Gasteiger partial charge in [0.25, 0.3) is 0 Å². The highest BCUT2D eigenvalue weighted by Crippen LogP contribution is 2.36. The van der Waals surface area contributed by atoms with Gasteiger partial charge in [0.1, 0.15) is 11.5 Å². The van der Waals surface area contributed by atoms with Gasteiger partial charge in [0.05, 0.1) is 24.0 Å². The van der Waals surface area contributed by atoms with E-state index in [4.69, 9.17) is 9.47 Å². The molecule has 0 bridgehead atoms. The van der Waals surface area contributed by atoms with Crippen LogP contribution in [0.2, 0.25) is 0 Å². The van der Waals surface area contributed by atoms with Gasteiger partial charge >= 0.3 is 0 Å². The molecule has 0 amide bonds. The van der Waals surface area contributed by atoms with Crippen molar-refractivity contribution in [1.82, 2.24) is 0 Å². The average Bonchev–Trinajstić information content (AvgIpc) is 2.42. The first-order valence-electron chi connectivity index (χ1n) is 5.82. The predicted octanol–water partition coefficient (Wildman–Crippen LogP) is 3.62. The third-order valence-corrected chi connectivity index (χ3v) is 3.63. The second kappa shape index (κ2) is 7.59. The molecule has 0 aliphatic carbocycles. The number of ether oxygens (including phenoxy) is 2. The van der Waals surface area contributed by atoms with Crippen LogP contribution in [0.5, 0.6) is 11.5 Å². The third kappa shape index (κ3) is 4.62. The summed E-state index contributed by atoms with van der Waals surface area (Å²) < 4.78 is 10.6. The van der Waals surface area contributed by atoms with Crippen molar-refractivity contribution in [2.24, 2.45) is 0 Å². The smallest absolute Gasteiger partial charge is 0.235 e. The van der Waals surface area contributed by atoms with Crippen molar-refractivity contribution in [3.63, 3.8) is 0 Å². The van der Waals surface area contributed by atoms with E-state index < -0.39 is 4.92 Å². The second-order valence-electron chi connectivity index (χ2n) is 4.09. The Bertz CT molecular complexity index is 540. The summed E-state index contributed by atoms with van der Waals surface area (Å²) in [6.45, 7) is 5.80. The number of nitrogens with zero attached hydrogens (tertiary/aromatic N) is 1. The van der Waals surface area contributed by atoms with Gasteiger partial charge in [-0.1, -0.05) is 12.2 Å². The SMILES string of the molecule is C=C(C)CSc1cc(OC)c(C=C[N+](=O)[O-])cc1OC. The summed E-state index contributed by atoms with van der Waals surface area (Å²) in [6.07, 6.45) is 2.26. The Morgan fingerprint density at radius 1 is 1.40 bits per heavy atom. The summed E-state index contributed by atoms with van der Waals surface area (Å²) in [4.78, 5) is 10.8. The molecule has 0 N–H and O–H groups in total. The molecule has 0 heterocycles. The highest BCUT2D eigenvalue weighted by Gasteiger charge is 2.11. The molecule has 0 unspecified atom stereocenters. The topological polar surface area (TPSA) is 61.6 Å². The minimum Gasteiger partial charge on any atom is -0.496 e. The molecule has 1 aromatic rings. The molecule has 5 nitrogen and oxygen atoms in total. The van der Waals surface area contributed by atoms with Crippen LogP contribution >= 0.6 is 11.8 Å². The monoisotopic (exact) mass is 295 g/mol. The van der Waals surface area contributed by atoms with Gasteiger partial charge in [0.15, 0.2) is 0 Å². The Morgan fingerprint density at radius 2 is 2.05 bits per heavy atom. The van der Waals surface area contributed by atoms with Gasteiger partial charge in [-0.25, -0.2) is 0 Å². The predicted molar refractivity (Wildman–Crippen MR) is 81.1 cm³/mol. The van der Waals surface area contributed by atoms with Crippen molar-refractivity contribution in [1.29, 1.82) is 0 Å². The molecule has 0 fully saturated rings. The zero-order valence-corrected chi connectivity index (χ0v) is 12.5. The van der Waals surface area contributed by atoms with E-state index in [0.717, 1.165) is 22.4 Å². The molecule has 0 aliphatic rings. The molecule has 1 aromatic carbocycles. The fraction of sp³-hybridized carbons (Fsp3) is 0.286. The van der Waals surface area contributed by atoms with Gasteiger partial charge < -0.3 is 9.47 Å². The summed E-state index contributed by atoms with van der Waals surface area (Å²) in [5.41, 5.74) is 1.65. The standard InChI is InChI=1S/C14H17NO4S/c1-10(2)9-20-14-8-12(18-3)11(5-6-15(16)17)7-13(14)19-4/h5-8H,1,9H2,2-4H3. The highest BCUT2D eigenvalue weighted by molar-refractivity contribution is 7.99. The number of hydrogen-bond acceptors (Lipinski definition) is 5. The molecule has 20 heavy (non-hydrogen) atoms. The van der Waals surface area contributed by atoms with Crippen molar-refractivity contribution in [2.75, 3.05) is 20.0 Å². The lowest BCUT2D eigenvalue weighted by atomic mass is 10.2. The molecule has 0 saturated heterocycles. The third-order valence-electron chi connectivity index (χ3n) is 2.37. The van der Waals surface area contributed by atoms with E-state index >= 15 is 0 Å². The highest BCUT2D eigenvalue weighted by atomic mass is 32.2. The molecule has 0 aliphatic heterocycles. The number of nitro groups is 1. The Balaban J connectivity index is 3.15. The molecule has 0 atom stereocenters. The first-order chi connectivity index (χ1) is 9.47. The van der Waals surface area contributed by atoms with Gasteiger partial charge in [0.2, 0.25) is 6.20 Å². The number of thioether (sulfide) groups is 1. The second-order valence-corrected chi connectivity index (χ2v) is 5.11. The van der Waals surface area contributed by atoms with Crippen LogP contribution in [0, 0.1) is 10.1 Å². The fourth-order valence-electron chi connectivity index (χ4n) is 1.48. The van der Waals surface area contributed by atoms with Crippen molar-refractivity contribution < 1.29 is 14.4 Å². The maximum Gasteiger partial charge on any atom is 0.235 e. The normalized spacial score (nSPS) is 10.6. The van der Waals surface area contributed by atoms with Crippen LogP contribution in [0.1, 0.15) is 12.5 Å². The number of benzene rings is 1. The van der Waals surface area contributed by atoms with E-state index in [0.29, 0.717) is 17.1 Å². The van der Waals surface area contributed by atoms with E-state index in [9.17, 15) is 10.1 Å². The molecule has 0 saturated carbocycles. The average molecular weight is 295 g/mol. The molecule has 0 spiro atoms. The minimum atomic E-state index is -0.518. The number of methoxy groups -OCH3 is 2. The van der Waals surface area contributed by atoms with Crippen LogP contribution in [0.15, 0.2) is 35.4 Å². The van der Waals surface area contributed by atoms with Crippen LogP contribution < -0.4 is 9.47 Å². The first-order valence-corrected chi connectivity index (χ1v) is 6.81. The lowest BCUT2D eigenvalue weighted by Gasteiger charge is -2.12. The van der Waals surface area contributed by atoms with Crippen LogP contribution in [0.25, 0.3) is 6.08 Å². The molecule has 1 rings (SSSR count). The van der Waals surface area contributed by atoms with Crippen LogP contribution in [0.4, 0.5) is 0 Å². The molecular weight excluding hydrogens is 278 g/mol. The molecule has 6 heteroatoms. The maximum absolute atomic E-state index is 10.4. The lowest BCUT2D eigenvalue weighted by molar-refractivity contribution is -0.400. The molecular formula is C14H17NO4S. The quantitative estimate of drug-likeness (QED) is 0.333. The molecule has 108 valence electrons. The molecule has 0 aromatic heterocycles. The van der Waals surface area contributed by atoms with Crippen molar-refractivity contribution in [2.45, 2.75) is 11.8 Å². The van der Waals surface area contributed by atoms with Gasteiger partial charge in [-0.15, -0.1) is 11.8 Å². The summed E-state index contributed by atoms with van der Waals surface area (Å²) in [6, 6.07) is 3.53. The minimum absolute atomic E-state index is 0.518. The van der Waals surface area contributed by atoms with Crippen molar-refractivity contribution in [3.8, 4) is 11.5 Å². The van der Waals surface area contributed by atoms with E-state index in [-0.39, 0.29) is 0 Å². The van der Waals surface area contributed by atoms with E-state index in [2.05, 4.69) is 6.58 Å². The summed E-state index contributed by atoms with van der Waals surface area (Å²) in [5.74, 6) is 1.98. The Kier molecular flexibility index (Phi) is 6.11. The number of rotatable bonds is 7. The zero-order valence-electron chi connectivity index (χ0n) is 11.7. The van der Waals surface area contributed by atoms with Crippen LogP contribution in [-0.4, -0.2) is 24.9 Å². The van der Waals surface area contributed by atoms with E-state index in [1.165, 1.54) is 13.2 Å². The largest absolute Gasteiger partial charge is 0.496 e. The maximum atomic E-state index is 10.4. The Morgan fingerprint density at radius 3 is 2.55 bits per heavy atom. The lowest BCUT2D eigenvalue weighted by Crippen LogP contribution is -1.94. The fourth-order valence-corrected chi connectivity index (χ4v) is 2.36. The first kappa shape index (κ1) is 16.1. The Hall–Kier alpha value is -1.95. The summed E-state index contributed by atoms with van der Waals surface area (Å²) in [7, 11) is 3.09. The van der Waals surface area contributed by atoms with Crippen LogP contribution in [-0.2, 0) is 0 Å². The Labute approximate surface area is 122 Å². The van der Waals surface area contributed by atoms with E-state index in [1.807, 2.05) is 13.0 Å². The molecule has 0 radical (unpaired) electrons. The van der Waals surface area contributed by atoms with Crippen LogP contribution in [0.3, 0.4) is 0 Å². The van der Waals surface area contributed by atoms with Gasteiger partial charge in [0, 0.05) is 17.4 Å². The summed E-state index contributed by atoms with van der Waals surface area (Å²) >= 11 is 1.58. The van der Waals surface area contributed by atoms with Crippen molar-refractivity contribution >= 4 is 17.8 Å². The van der Waals surface area contributed by atoms with Gasteiger partial charge in [-0.05, 0) is 19.1 Å². The van der Waals surface area contributed by atoms with Gasteiger partial charge in [-0.3, -0.25) is 10.1 Å². The van der Waals surface area contributed by atoms with Gasteiger partial charge in [-0.2, -0.15) is 0 Å². The van der Waals surface area contributed by atoms with E-state index in [1.54, 1.807) is 24.9 Å². The van der Waals surface area contributed by atoms with Crippen molar-refractivity contribution in [3.05, 3.63) is 46.2 Å². The zero-order chi connectivity index (χ0) is 15.1. The number of hydrogen-bond donors (Lipinski definition) is 0.